The number of carbonyl (C=O) groups is 2. The Morgan fingerprint density at radius 3 is 2.45 bits per heavy atom. The molecule has 0 spiro atoms. The van der Waals surface area contributed by atoms with E-state index in [0.29, 0.717) is 29.4 Å². The van der Waals surface area contributed by atoms with Gasteiger partial charge in [-0.1, -0.05) is 60.1 Å². The lowest BCUT2D eigenvalue weighted by molar-refractivity contribution is -0.138. The molecule has 29 heavy (non-hydrogen) atoms. The molecule has 2 amide bonds. The number of nitrogens with zero attached hydrogens (tertiary/aromatic N) is 2. The third kappa shape index (κ3) is 3.80. The summed E-state index contributed by atoms with van der Waals surface area (Å²) in [7, 11) is 0. The molecule has 0 bridgehead atoms. The van der Waals surface area contributed by atoms with Crippen molar-refractivity contribution in [1.29, 1.82) is 0 Å². The average Bonchev–Trinajstić information content (AvgIpc) is 3.00. The van der Waals surface area contributed by atoms with Gasteiger partial charge in [0, 0.05) is 24.7 Å². The fourth-order valence-electron chi connectivity index (χ4n) is 4.08. The molecule has 2 heterocycles. The first-order chi connectivity index (χ1) is 14.1. The van der Waals surface area contributed by atoms with Crippen LogP contribution < -0.4 is 0 Å². The van der Waals surface area contributed by atoms with Gasteiger partial charge in [0.05, 0.1) is 12.1 Å². The van der Waals surface area contributed by atoms with Crippen molar-refractivity contribution >= 4 is 29.0 Å². The van der Waals surface area contributed by atoms with Crippen LogP contribution in [0.2, 0.25) is 5.02 Å². The Hall–Kier alpha value is -2.63. The molecule has 1 fully saturated rings. The molecule has 2 aromatic carbocycles. The lowest BCUT2D eigenvalue weighted by atomic mass is 9.97. The van der Waals surface area contributed by atoms with Crippen molar-refractivity contribution in [2.24, 2.45) is 5.92 Å². The summed E-state index contributed by atoms with van der Waals surface area (Å²) in [4.78, 5) is 30.0. The summed E-state index contributed by atoms with van der Waals surface area (Å²) >= 11 is 6.27. The first-order valence-electron chi connectivity index (χ1n) is 9.85. The van der Waals surface area contributed by atoms with Crippen molar-refractivity contribution in [3.63, 3.8) is 0 Å². The maximum atomic E-state index is 13.4. The van der Waals surface area contributed by atoms with Gasteiger partial charge in [-0.3, -0.25) is 14.5 Å². The van der Waals surface area contributed by atoms with Crippen molar-refractivity contribution in [3.05, 3.63) is 76.4 Å². The summed E-state index contributed by atoms with van der Waals surface area (Å²) in [5.41, 5.74) is 2.33. The van der Waals surface area contributed by atoms with E-state index in [-0.39, 0.29) is 30.9 Å². The molecular formula is C23H23ClN2O3. The molecule has 1 atom stereocenters. The Morgan fingerprint density at radius 2 is 1.72 bits per heavy atom. The molecule has 150 valence electrons. The van der Waals surface area contributed by atoms with E-state index in [1.807, 2.05) is 53.4 Å². The van der Waals surface area contributed by atoms with Gasteiger partial charge in [0.25, 0.3) is 11.8 Å². The van der Waals surface area contributed by atoms with Crippen LogP contribution in [0.1, 0.15) is 24.0 Å². The van der Waals surface area contributed by atoms with E-state index in [4.69, 9.17) is 11.6 Å². The minimum absolute atomic E-state index is 0.0793. The van der Waals surface area contributed by atoms with Crippen LogP contribution in [0.25, 0.3) is 5.57 Å². The highest BCUT2D eigenvalue weighted by Crippen LogP contribution is 2.35. The predicted octanol–water partition coefficient (Wildman–Crippen LogP) is 3.32. The zero-order chi connectivity index (χ0) is 20.4. The second-order valence-corrected chi connectivity index (χ2v) is 7.92. The van der Waals surface area contributed by atoms with E-state index in [9.17, 15) is 14.7 Å². The number of aliphatic hydroxyl groups excluding tert-OH is 1. The zero-order valence-electron chi connectivity index (χ0n) is 16.1. The molecule has 5 nitrogen and oxygen atoms in total. The number of aliphatic hydroxyl groups is 1. The summed E-state index contributed by atoms with van der Waals surface area (Å²) in [6, 6.07) is 16.6. The van der Waals surface area contributed by atoms with E-state index in [0.717, 1.165) is 24.0 Å². The monoisotopic (exact) mass is 410 g/mol. The number of benzene rings is 2. The number of hydrogen-bond acceptors (Lipinski definition) is 4. The average molecular weight is 411 g/mol. The summed E-state index contributed by atoms with van der Waals surface area (Å²) in [6.45, 7) is 1.48. The highest BCUT2D eigenvalue weighted by molar-refractivity contribution is 6.35. The van der Waals surface area contributed by atoms with Gasteiger partial charge in [-0.2, -0.15) is 0 Å². The first-order valence-corrected chi connectivity index (χ1v) is 10.2. The molecule has 0 aromatic heterocycles. The second-order valence-electron chi connectivity index (χ2n) is 7.51. The van der Waals surface area contributed by atoms with Gasteiger partial charge in [-0.25, -0.2) is 0 Å². The molecule has 0 aliphatic carbocycles. The van der Waals surface area contributed by atoms with Gasteiger partial charge in [0.1, 0.15) is 5.70 Å². The van der Waals surface area contributed by atoms with Crippen molar-refractivity contribution in [1.82, 2.24) is 9.80 Å². The first kappa shape index (κ1) is 19.7. The number of rotatable bonds is 5. The van der Waals surface area contributed by atoms with Gasteiger partial charge >= 0.3 is 0 Å². The van der Waals surface area contributed by atoms with Crippen LogP contribution in [0, 0.1) is 5.92 Å². The van der Waals surface area contributed by atoms with Crippen LogP contribution in [-0.4, -0.2) is 46.4 Å². The molecule has 2 aliphatic rings. The number of carbonyl (C=O) groups excluding carboxylic acids is 2. The molecule has 0 saturated carbocycles. The third-order valence-electron chi connectivity index (χ3n) is 5.59. The molecular weight excluding hydrogens is 388 g/mol. The fourth-order valence-corrected chi connectivity index (χ4v) is 4.27. The SMILES string of the molecule is O=C1C(c2ccccc2)=C(N2CCCC(CO)C2)C(=O)N1Cc1ccccc1Cl. The Morgan fingerprint density at radius 1 is 1.00 bits per heavy atom. The van der Waals surface area contributed by atoms with Crippen LogP contribution >= 0.6 is 11.6 Å². The number of halogens is 1. The van der Waals surface area contributed by atoms with E-state index >= 15 is 0 Å². The van der Waals surface area contributed by atoms with E-state index in [1.165, 1.54) is 4.90 Å². The van der Waals surface area contributed by atoms with Gasteiger partial charge in [0.2, 0.25) is 0 Å². The number of imide groups is 1. The lowest BCUT2D eigenvalue weighted by Crippen LogP contribution is -2.40. The standard InChI is InChI=1S/C23H23ClN2O3/c24-19-11-5-4-10-18(19)14-26-22(28)20(17-8-2-1-3-9-17)21(23(26)29)25-12-6-7-16(13-25)15-27/h1-5,8-11,16,27H,6-7,12-15H2. The Labute approximate surface area is 175 Å². The van der Waals surface area contributed by atoms with E-state index < -0.39 is 0 Å². The topological polar surface area (TPSA) is 60.9 Å². The zero-order valence-corrected chi connectivity index (χ0v) is 16.8. The van der Waals surface area contributed by atoms with Crippen molar-refractivity contribution < 1.29 is 14.7 Å². The van der Waals surface area contributed by atoms with Crippen LogP contribution in [-0.2, 0) is 16.1 Å². The van der Waals surface area contributed by atoms with E-state index in [1.54, 1.807) is 6.07 Å². The largest absolute Gasteiger partial charge is 0.396 e. The molecule has 2 aromatic rings. The Kier molecular flexibility index (Phi) is 5.69. The summed E-state index contributed by atoms with van der Waals surface area (Å²) < 4.78 is 0. The number of likely N-dealkylation sites (tertiary alicyclic amines) is 1. The quantitative estimate of drug-likeness (QED) is 0.768. The van der Waals surface area contributed by atoms with Crippen molar-refractivity contribution in [2.45, 2.75) is 19.4 Å². The molecule has 6 heteroatoms. The molecule has 4 rings (SSSR count). The van der Waals surface area contributed by atoms with Gasteiger partial charge < -0.3 is 10.0 Å². The third-order valence-corrected chi connectivity index (χ3v) is 5.95. The molecule has 1 N–H and O–H groups in total. The number of hydrogen-bond donors (Lipinski definition) is 1. The maximum Gasteiger partial charge on any atom is 0.278 e. The molecule has 0 radical (unpaired) electrons. The van der Waals surface area contributed by atoms with Crippen LogP contribution in [0.5, 0.6) is 0 Å². The highest BCUT2D eigenvalue weighted by atomic mass is 35.5. The van der Waals surface area contributed by atoms with Crippen LogP contribution in [0.15, 0.2) is 60.3 Å². The fraction of sp³-hybridized carbons (Fsp3) is 0.304. The predicted molar refractivity (Wildman–Crippen MR) is 112 cm³/mol. The smallest absolute Gasteiger partial charge is 0.278 e. The van der Waals surface area contributed by atoms with Gasteiger partial charge in [-0.05, 0) is 36.0 Å². The van der Waals surface area contributed by atoms with Gasteiger partial charge in [0.15, 0.2) is 0 Å². The van der Waals surface area contributed by atoms with E-state index in [2.05, 4.69) is 0 Å². The summed E-state index contributed by atoms with van der Waals surface area (Å²) in [6.07, 6.45) is 1.80. The van der Waals surface area contributed by atoms with Crippen molar-refractivity contribution in [2.75, 3.05) is 19.7 Å². The Balaban J connectivity index is 1.73. The maximum absolute atomic E-state index is 13.4. The second kappa shape index (κ2) is 8.39. The minimum Gasteiger partial charge on any atom is -0.396 e. The van der Waals surface area contributed by atoms with Crippen LogP contribution in [0.4, 0.5) is 0 Å². The Bertz CT molecular complexity index is 958. The molecule has 2 aliphatic heterocycles. The minimum atomic E-state index is -0.303. The summed E-state index contributed by atoms with van der Waals surface area (Å²) in [5, 5.41) is 10.1. The highest BCUT2D eigenvalue weighted by Gasteiger charge is 2.42. The van der Waals surface area contributed by atoms with Crippen molar-refractivity contribution in [3.8, 4) is 0 Å². The summed E-state index contributed by atoms with van der Waals surface area (Å²) in [5.74, 6) is -0.497. The van der Waals surface area contributed by atoms with Gasteiger partial charge in [-0.15, -0.1) is 0 Å². The molecule has 1 saturated heterocycles. The normalized spacial score (nSPS) is 20.0. The molecule has 1 unspecified atom stereocenters. The van der Waals surface area contributed by atoms with Crippen LogP contribution in [0.3, 0.4) is 0 Å². The lowest BCUT2D eigenvalue weighted by Gasteiger charge is -2.34. The number of piperidine rings is 1. The number of amides is 2.